The van der Waals surface area contributed by atoms with E-state index < -0.39 is 52.2 Å². The highest BCUT2D eigenvalue weighted by atomic mass is 35.5. The molecule has 8 aliphatic rings. The molecule has 3 N–H and O–H groups in total. The van der Waals surface area contributed by atoms with Gasteiger partial charge in [-0.05, 0) is 219 Å². The van der Waals surface area contributed by atoms with Crippen molar-refractivity contribution in [1.29, 1.82) is 0 Å². The topological polar surface area (TPSA) is 313 Å². The Balaban J connectivity index is 0.000000164. The number of nitrogens with one attached hydrogen (secondary N) is 2. The van der Waals surface area contributed by atoms with Crippen molar-refractivity contribution in [2.24, 2.45) is 36.6 Å². The predicted molar refractivity (Wildman–Crippen MR) is 575 cm³/mol. The monoisotopic (exact) mass is 2170 g/mol. The zero-order valence-electron chi connectivity index (χ0n) is 86.9. The molecule has 34 heteroatoms. The Morgan fingerprint density at radius 2 is 0.680 bits per heavy atom. The van der Waals surface area contributed by atoms with Crippen molar-refractivity contribution in [3.8, 4) is 0 Å². The molecule has 0 bridgehead atoms. The standard InChI is InChI=1S/C33H41Cl2N3O5.C27H32Cl2N2O4.C27H30Cl2N2O4.C26H28Cl2N2O4/c1-20(21-8-10-22(11-9-21)29(40)36-14-12-27(39)43-32(5,6)7)38-30(41)28(23-16-24(34)18-25(35)17-23)37-33(38)13-15-42-26(19-33)31(2,3)4;2*1-16(17-6-8-18(9-7-17)25(33)34-5)31-24(32)23(19-12-20(28)14-21(29)13-19)30-27(31)10-11-35-22(15-27)26(2,3)4;1-15(16-5-7-17(8-6-16)24(32)33)30-23(31)22(18-11-19(27)13-20(28)12-18)29-26(30)9-10-34-21(14-26)25(2,3)4/h8-11,16-18,20,26H,12-15,19H2,1-7H3,(H,36,40);6-9,12-14,16,22-23,30H,10-11,15H2,1-5H3;6-9,12-14,16,22H,10-11,15H2,1-5H3;5-8,11-13,15,21H,9-10,14H2,1-4H3,(H,32,33)/t20-,26?,33?;16-,22?,23?,27?;16-,22?,27?;15-,21?,26?/m1111/s1. The highest BCUT2D eigenvalue weighted by Crippen LogP contribution is 2.53. The first-order valence-electron chi connectivity index (χ1n) is 49.3. The van der Waals surface area contributed by atoms with Crippen molar-refractivity contribution >= 4 is 163 Å². The van der Waals surface area contributed by atoms with Crippen LogP contribution in [0.15, 0.2) is 185 Å². The van der Waals surface area contributed by atoms with Gasteiger partial charge in [0.2, 0.25) is 5.91 Å². The third-order valence-electron chi connectivity index (χ3n) is 28.3. The third kappa shape index (κ3) is 26.3. The SMILES string of the molecule is COC(=O)c1ccc([C@@H](C)N2C(=O)C(c3cc(Cl)cc(Cl)c3)=NC23CCOC(C(C)(C)C)C3)cc1.COC(=O)c1ccc([C@@H](C)N2C(=O)C(c3cc(Cl)cc(Cl)c3)NC23CCOC(C(C)(C)C)C3)cc1.C[C@H](c1ccc(C(=O)NCCC(=O)OC(C)(C)C)cc1)N1C(=O)C(c2cc(Cl)cc(Cl)c2)=NC12CCOC(C(C)(C)C)C2.C[C@H](c1ccc(C(=O)O)cc1)N1C(=O)C(c2cc(Cl)cc(Cl)c2)=NC12CCOC(C(C)(C)C)C2. The second-order valence-corrected chi connectivity index (χ2v) is 47.6. The van der Waals surface area contributed by atoms with Crippen LogP contribution < -0.4 is 10.6 Å². The maximum Gasteiger partial charge on any atom is 0.337 e. The van der Waals surface area contributed by atoms with Crippen molar-refractivity contribution in [2.75, 3.05) is 47.2 Å². The fraction of sp³-hybridized carbons (Fsp3) is 0.469. The summed E-state index contributed by atoms with van der Waals surface area (Å²) < 4.78 is 39.5. The van der Waals surface area contributed by atoms with Crippen LogP contribution in [0.1, 0.15) is 305 Å². The fourth-order valence-corrected chi connectivity index (χ4v) is 22.5. The molecule has 9 unspecified atom stereocenters. The molecule has 5 saturated heterocycles. The van der Waals surface area contributed by atoms with E-state index in [2.05, 4.69) is 93.7 Å². The van der Waals surface area contributed by atoms with Gasteiger partial charge in [0.05, 0.1) is 118 Å². The van der Waals surface area contributed by atoms with Crippen molar-refractivity contribution in [3.63, 3.8) is 0 Å². The van der Waals surface area contributed by atoms with Crippen LogP contribution in [0.4, 0.5) is 0 Å². The minimum atomic E-state index is -0.992. The minimum Gasteiger partial charge on any atom is -0.478 e. The quantitative estimate of drug-likeness (QED) is 0.0500. The summed E-state index contributed by atoms with van der Waals surface area (Å²) in [6.45, 7) is 41.0. The van der Waals surface area contributed by atoms with Gasteiger partial charge in [0.1, 0.15) is 45.8 Å². The first-order chi connectivity index (χ1) is 68.8. The number of carboxylic acid groups (broad SMARTS) is 1. The van der Waals surface area contributed by atoms with E-state index >= 15 is 0 Å². The first kappa shape index (κ1) is 114. The highest BCUT2D eigenvalue weighted by Gasteiger charge is 2.60. The van der Waals surface area contributed by atoms with E-state index in [1.54, 1.807) is 154 Å². The van der Waals surface area contributed by atoms with E-state index in [4.69, 9.17) is 141 Å². The fourth-order valence-electron chi connectivity index (χ4n) is 20.4. The van der Waals surface area contributed by atoms with Gasteiger partial charge in [0.15, 0.2) is 0 Å². The van der Waals surface area contributed by atoms with Crippen LogP contribution in [0.25, 0.3) is 0 Å². The number of halogens is 8. The third-order valence-corrected chi connectivity index (χ3v) is 30.0. The average Bonchev–Trinajstić information content (AvgIpc) is 1.59. The van der Waals surface area contributed by atoms with Crippen LogP contribution in [-0.2, 0) is 57.1 Å². The van der Waals surface area contributed by atoms with Gasteiger partial charge in [-0.3, -0.25) is 49.1 Å². The lowest BCUT2D eigenvalue weighted by Crippen LogP contribution is -2.59. The van der Waals surface area contributed by atoms with E-state index in [0.29, 0.717) is 168 Å². The van der Waals surface area contributed by atoms with Gasteiger partial charge in [0, 0.05) is 120 Å². The maximum atomic E-state index is 14.2. The Morgan fingerprint density at radius 3 is 0.973 bits per heavy atom. The molecule has 16 rings (SSSR count). The molecule has 0 saturated carbocycles. The number of methoxy groups -OCH3 is 2. The summed E-state index contributed by atoms with van der Waals surface area (Å²) in [6, 6.07) is 46.7. The zero-order chi connectivity index (χ0) is 108. The Kier molecular flexibility index (Phi) is 35.5. The molecule has 0 aromatic heterocycles. The number of carboxylic acids is 1. The zero-order valence-corrected chi connectivity index (χ0v) is 92.9. The Morgan fingerprint density at radius 1 is 0.401 bits per heavy atom. The second-order valence-electron chi connectivity index (χ2n) is 44.1. The predicted octanol–water partition coefficient (Wildman–Crippen LogP) is 24.8. The largest absolute Gasteiger partial charge is 0.478 e. The number of rotatable bonds is 19. The van der Waals surface area contributed by atoms with E-state index in [1.807, 2.05) is 83.7 Å². The molecule has 8 heterocycles. The number of hydrogen-bond acceptors (Lipinski definition) is 20. The number of esters is 3. The first-order valence-corrected chi connectivity index (χ1v) is 52.4. The van der Waals surface area contributed by atoms with Crippen LogP contribution in [0.2, 0.25) is 40.2 Å². The lowest BCUT2D eigenvalue weighted by molar-refractivity contribution is -0.154. The number of nitrogens with zero attached hydrogens (tertiary/aromatic N) is 7. The smallest absolute Gasteiger partial charge is 0.337 e. The minimum absolute atomic E-state index is 0.0327. The summed E-state index contributed by atoms with van der Waals surface area (Å²) in [7, 11) is 2.71. The summed E-state index contributed by atoms with van der Waals surface area (Å²) in [4.78, 5) is 139. The maximum absolute atomic E-state index is 14.2. The van der Waals surface area contributed by atoms with Crippen molar-refractivity contribution in [3.05, 3.63) is 277 Å². The molecular weight excluding hydrogens is 2040 g/mol. The van der Waals surface area contributed by atoms with Crippen molar-refractivity contribution in [2.45, 2.75) is 272 Å². The van der Waals surface area contributed by atoms with E-state index in [1.165, 1.54) is 14.2 Å². The number of ether oxygens (including phenoxy) is 7. The normalized spacial score (nSPS) is 23.5. The number of aliphatic imine (C=N–C) groups is 3. The molecule has 26 nitrogen and oxygen atoms in total. The van der Waals surface area contributed by atoms with Crippen LogP contribution in [0, 0.1) is 21.7 Å². The number of aromatic carboxylic acids is 1. The van der Waals surface area contributed by atoms with Gasteiger partial charge in [-0.25, -0.2) is 14.4 Å². The summed E-state index contributed by atoms with van der Waals surface area (Å²) >= 11 is 50.2. The van der Waals surface area contributed by atoms with Gasteiger partial charge in [-0.1, -0.05) is 224 Å². The molecule has 147 heavy (non-hydrogen) atoms. The highest BCUT2D eigenvalue weighted by molar-refractivity contribution is 6.50. The van der Waals surface area contributed by atoms with Crippen LogP contribution in [0.3, 0.4) is 0 Å². The molecule has 0 aliphatic carbocycles. The molecular formula is C113H131Cl8N9O17. The molecule has 8 aromatic rings. The number of carbonyl (C=O) groups excluding carboxylic acids is 8. The summed E-state index contributed by atoms with van der Waals surface area (Å²) in [6.07, 6.45) is 4.42. The Bertz CT molecular complexity index is 6230. The van der Waals surface area contributed by atoms with Crippen LogP contribution in [0.5, 0.6) is 0 Å². The Labute approximate surface area is 901 Å². The Hall–Kier alpha value is -9.88. The number of hydrogen-bond donors (Lipinski definition) is 3. The second kappa shape index (κ2) is 45.7. The van der Waals surface area contributed by atoms with Gasteiger partial charge in [-0.2, -0.15) is 0 Å². The molecule has 5 amide bonds. The average molecular weight is 2170 g/mol. The molecule has 4 spiro atoms. The van der Waals surface area contributed by atoms with Gasteiger partial charge in [-0.15, -0.1) is 0 Å². The number of amides is 5. The summed E-state index contributed by atoms with van der Waals surface area (Å²) in [5.74, 6) is -3.08. The van der Waals surface area contributed by atoms with Crippen molar-refractivity contribution < 1.29 is 81.4 Å². The lowest BCUT2D eigenvalue weighted by atomic mass is 9.80. The number of carbonyl (C=O) groups is 9. The molecule has 8 aliphatic heterocycles. The van der Waals surface area contributed by atoms with E-state index in [9.17, 15) is 48.3 Å². The molecule has 786 valence electrons. The molecule has 13 atom stereocenters. The van der Waals surface area contributed by atoms with Gasteiger partial charge in [0.25, 0.3) is 23.6 Å². The summed E-state index contributed by atoms with van der Waals surface area (Å²) in [5.41, 5.74) is 4.53. The van der Waals surface area contributed by atoms with Gasteiger partial charge >= 0.3 is 23.9 Å². The number of benzene rings is 8. The van der Waals surface area contributed by atoms with E-state index in [-0.39, 0.29) is 124 Å². The molecule has 8 aromatic carbocycles. The molecule has 0 radical (unpaired) electrons. The lowest BCUT2D eigenvalue weighted by Gasteiger charge is -2.49. The van der Waals surface area contributed by atoms with E-state index in [0.717, 1.165) is 27.8 Å². The summed E-state index contributed by atoms with van der Waals surface area (Å²) in [5, 5.41) is 19.3. The van der Waals surface area contributed by atoms with Crippen LogP contribution in [-0.4, -0.2) is 195 Å². The van der Waals surface area contributed by atoms with Gasteiger partial charge < -0.3 is 63.2 Å². The van der Waals surface area contributed by atoms with Crippen LogP contribution >= 0.6 is 92.8 Å². The molecule has 5 fully saturated rings. The van der Waals surface area contributed by atoms with Crippen molar-refractivity contribution in [1.82, 2.24) is 30.2 Å².